The second kappa shape index (κ2) is 6.23. The first-order valence-electron chi connectivity index (χ1n) is 8.06. The molecule has 0 spiro atoms. The Hall–Kier alpha value is -0.930. The molecule has 0 radical (unpaired) electrons. The zero-order valence-electron chi connectivity index (χ0n) is 12.8. The average Bonchev–Trinajstić information content (AvgIpc) is 2.76. The minimum absolute atomic E-state index is 0.822. The number of fused-ring (bicyclic) bond motifs is 2. The fourth-order valence-electron chi connectivity index (χ4n) is 3.86. The van der Waals surface area contributed by atoms with Crippen molar-refractivity contribution in [1.82, 2.24) is 15.2 Å². The van der Waals surface area contributed by atoms with E-state index in [9.17, 15) is 0 Å². The van der Waals surface area contributed by atoms with Gasteiger partial charge in [0.25, 0.3) is 0 Å². The summed E-state index contributed by atoms with van der Waals surface area (Å²) in [7, 11) is 2.22. The number of hydrogen-bond donors (Lipinski definition) is 1. The SMILES string of the molecule is Cc1cccc(CN(C)CCC2CC3CCC(C2)N3)n1. The summed E-state index contributed by atoms with van der Waals surface area (Å²) < 4.78 is 0. The maximum absolute atomic E-state index is 4.59. The predicted octanol–water partition coefficient (Wildman–Crippen LogP) is 2.74. The summed E-state index contributed by atoms with van der Waals surface area (Å²) in [6, 6.07) is 7.95. The molecule has 110 valence electrons. The molecule has 20 heavy (non-hydrogen) atoms. The Balaban J connectivity index is 1.44. The van der Waals surface area contributed by atoms with Crippen LogP contribution < -0.4 is 5.32 Å². The summed E-state index contributed by atoms with van der Waals surface area (Å²) in [6.45, 7) is 4.23. The summed E-state index contributed by atoms with van der Waals surface area (Å²) >= 11 is 0. The highest BCUT2D eigenvalue weighted by atomic mass is 15.1. The van der Waals surface area contributed by atoms with Gasteiger partial charge in [-0.05, 0) is 70.7 Å². The lowest BCUT2D eigenvalue weighted by Gasteiger charge is -2.30. The second-order valence-electron chi connectivity index (χ2n) is 6.77. The second-order valence-corrected chi connectivity index (χ2v) is 6.77. The standard InChI is InChI=1S/C17H27N3/c1-13-4-3-5-17(18-13)12-20(2)9-8-14-10-15-6-7-16(11-14)19-15/h3-5,14-16,19H,6-12H2,1-2H3. The van der Waals surface area contributed by atoms with E-state index in [1.165, 1.54) is 44.3 Å². The van der Waals surface area contributed by atoms with E-state index >= 15 is 0 Å². The van der Waals surface area contributed by atoms with Gasteiger partial charge in [-0.2, -0.15) is 0 Å². The molecule has 3 heterocycles. The number of nitrogens with zero attached hydrogens (tertiary/aromatic N) is 2. The summed E-state index contributed by atoms with van der Waals surface area (Å²) in [4.78, 5) is 7.01. The quantitative estimate of drug-likeness (QED) is 0.894. The number of hydrogen-bond acceptors (Lipinski definition) is 3. The maximum atomic E-state index is 4.59. The van der Waals surface area contributed by atoms with Crippen molar-refractivity contribution in [3.63, 3.8) is 0 Å². The van der Waals surface area contributed by atoms with Crippen molar-refractivity contribution in [2.75, 3.05) is 13.6 Å². The minimum Gasteiger partial charge on any atom is -0.311 e. The molecule has 0 saturated carbocycles. The third kappa shape index (κ3) is 3.58. The van der Waals surface area contributed by atoms with Crippen LogP contribution in [0, 0.1) is 12.8 Å². The topological polar surface area (TPSA) is 28.2 Å². The first kappa shape index (κ1) is 14.0. The summed E-state index contributed by atoms with van der Waals surface area (Å²) in [5.74, 6) is 0.932. The minimum atomic E-state index is 0.822. The lowest BCUT2D eigenvalue weighted by atomic mass is 9.89. The Kier molecular flexibility index (Phi) is 4.37. The highest BCUT2D eigenvalue weighted by Gasteiger charge is 2.33. The molecule has 0 aromatic carbocycles. The normalized spacial score (nSPS) is 29.1. The van der Waals surface area contributed by atoms with Crippen molar-refractivity contribution in [2.45, 2.75) is 57.7 Å². The van der Waals surface area contributed by atoms with Crippen LogP contribution >= 0.6 is 0 Å². The fraction of sp³-hybridized carbons (Fsp3) is 0.706. The van der Waals surface area contributed by atoms with E-state index in [2.05, 4.69) is 47.4 Å². The van der Waals surface area contributed by atoms with Gasteiger partial charge in [0, 0.05) is 24.3 Å². The first-order valence-corrected chi connectivity index (χ1v) is 8.06. The largest absolute Gasteiger partial charge is 0.311 e. The van der Waals surface area contributed by atoms with Crippen LogP contribution in [0.4, 0.5) is 0 Å². The molecule has 2 aliphatic heterocycles. The molecular weight excluding hydrogens is 246 g/mol. The number of aryl methyl sites for hydroxylation is 1. The van der Waals surface area contributed by atoms with E-state index in [-0.39, 0.29) is 0 Å². The molecule has 3 nitrogen and oxygen atoms in total. The van der Waals surface area contributed by atoms with E-state index in [1.54, 1.807) is 0 Å². The Morgan fingerprint density at radius 2 is 2.00 bits per heavy atom. The van der Waals surface area contributed by atoms with Crippen LogP contribution in [0.2, 0.25) is 0 Å². The van der Waals surface area contributed by atoms with Crippen molar-refractivity contribution >= 4 is 0 Å². The van der Waals surface area contributed by atoms with Crippen LogP contribution in [0.5, 0.6) is 0 Å². The van der Waals surface area contributed by atoms with Crippen molar-refractivity contribution in [3.8, 4) is 0 Å². The lowest BCUT2D eigenvalue weighted by molar-refractivity contribution is 0.237. The molecule has 2 aliphatic rings. The van der Waals surface area contributed by atoms with Gasteiger partial charge in [-0.3, -0.25) is 4.98 Å². The molecule has 2 fully saturated rings. The molecule has 3 rings (SSSR count). The van der Waals surface area contributed by atoms with Crippen LogP contribution in [0.3, 0.4) is 0 Å². The summed E-state index contributed by atoms with van der Waals surface area (Å²) in [5.41, 5.74) is 2.31. The van der Waals surface area contributed by atoms with Crippen LogP contribution in [0.25, 0.3) is 0 Å². The van der Waals surface area contributed by atoms with E-state index in [1.807, 2.05) is 0 Å². The van der Waals surface area contributed by atoms with Crippen molar-refractivity contribution < 1.29 is 0 Å². The Bertz CT molecular complexity index is 434. The number of pyridine rings is 1. The van der Waals surface area contributed by atoms with E-state index in [0.29, 0.717) is 0 Å². The number of nitrogens with one attached hydrogen (secondary N) is 1. The zero-order valence-corrected chi connectivity index (χ0v) is 12.8. The van der Waals surface area contributed by atoms with Gasteiger partial charge in [0.15, 0.2) is 0 Å². The van der Waals surface area contributed by atoms with Gasteiger partial charge < -0.3 is 10.2 Å². The van der Waals surface area contributed by atoms with Crippen LogP contribution in [-0.2, 0) is 6.54 Å². The summed E-state index contributed by atoms with van der Waals surface area (Å²) in [6.07, 6.45) is 6.95. The van der Waals surface area contributed by atoms with Gasteiger partial charge in [0.1, 0.15) is 0 Å². The predicted molar refractivity (Wildman–Crippen MR) is 82.6 cm³/mol. The Labute approximate surface area is 122 Å². The number of piperidine rings is 1. The van der Waals surface area contributed by atoms with Crippen LogP contribution in [0.15, 0.2) is 18.2 Å². The molecular formula is C17H27N3. The lowest BCUT2D eigenvalue weighted by Crippen LogP contribution is -2.38. The smallest absolute Gasteiger partial charge is 0.0547 e. The van der Waals surface area contributed by atoms with Crippen molar-refractivity contribution in [2.24, 2.45) is 5.92 Å². The monoisotopic (exact) mass is 273 g/mol. The molecule has 1 aromatic rings. The third-order valence-electron chi connectivity index (χ3n) is 4.87. The van der Waals surface area contributed by atoms with Gasteiger partial charge in [-0.15, -0.1) is 0 Å². The van der Waals surface area contributed by atoms with Gasteiger partial charge >= 0.3 is 0 Å². The van der Waals surface area contributed by atoms with Crippen molar-refractivity contribution in [3.05, 3.63) is 29.6 Å². The Morgan fingerprint density at radius 1 is 1.25 bits per heavy atom. The highest BCUT2D eigenvalue weighted by molar-refractivity contribution is 5.09. The molecule has 0 aliphatic carbocycles. The van der Waals surface area contributed by atoms with Gasteiger partial charge in [-0.25, -0.2) is 0 Å². The van der Waals surface area contributed by atoms with Gasteiger partial charge in [0.2, 0.25) is 0 Å². The highest BCUT2D eigenvalue weighted by Crippen LogP contribution is 2.32. The van der Waals surface area contributed by atoms with Crippen LogP contribution in [0.1, 0.15) is 43.5 Å². The fourth-order valence-corrected chi connectivity index (χ4v) is 3.86. The molecule has 2 unspecified atom stereocenters. The zero-order chi connectivity index (χ0) is 13.9. The molecule has 3 heteroatoms. The molecule has 0 amide bonds. The molecule has 2 bridgehead atoms. The molecule has 2 saturated heterocycles. The maximum Gasteiger partial charge on any atom is 0.0547 e. The van der Waals surface area contributed by atoms with Gasteiger partial charge in [0.05, 0.1) is 5.69 Å². The van der Waals surface area contributed by atoms with E-state index < -0.39 is 0 Å². The van der Waals surface area contributed by atoms with Crippen molar-refractivity contribution in [1.29, 1.82) is 0 Å². The van der Waals surface area contributed by atoms with Gasteiger partial charge in [-0.1, -0.05) is 6.07 Å². The number of aromatic nitrogens is 1. The molecule has 2 atom stereocenters. The summed E-state index contributed by atoms with van der Waals surface area (Å²) in [5, 5.41) is 3.73. The first-order chi connectivity index (χ1) is 9.69. The average molecular weight is 273 g/mol. The van der Waals surface area contributed by atoms with E-state index in [4.69, 9.17) is 0 Å². The third-order valence-corrected chi connectivity index (χ3v) is 4.87. The van der Waals surface area contributed by atoms with E-state index in [0.717, 1.165) is 30.2 Å². The molecule has 1 N–H and O–H groups in total. The number of rotatable bonds is 5. The molecule has 1 aromatic heterocycles. The van der Waals surface area contributed by atoms with Crippen LogP contribution in [-0.4, -0.2) is 35.6 Å². The Morgan fingerprint density at radius 3 is 2.70 bits per heavy atom.